The van der Waals surface area contributed by atoms with Gasteiger partial charge in [0.1, 0.15) is 11.6 Å². The number of aromatic nitrogens is 3. The van der Waals surface area contributed by atoms with Crippen LogP contribution in [0.5, 0.6) is 0 Å². The summed E-state index contributed by atoms with van der Waals surface area (Å²) in [5.74, 6) is -2.20. The van der Waals surface area contributed by atoms with E-state index < -0.39 is 17.4 Å². The van der Waals surface area contributed by atoms with Crippen molar-refractivity contribution in [3.63, 3.8) is 0 Å². The number of rotatable bonds is 3. The zero-order valence-electron chi connectivity index (χ0n) is 11.2. The minimum absolute atomic E-state index is 0.0686. The quantitative estimate of drug-likeness (QED) is 0.875. The smallest absolute Gasteiger partial charge is 0.217 e. The van der Waals surface area contributed by atoms with Crippen LogP contribution in [0.3, 0.4) is 0 Å². The molecule has 2 aromatic rings. The third-order valence-corrected chi connectivity index (χ3v) is 3.60. The third kappa shape index (κ3) is 2.82. The topological polar surface area (TPSA) is 59.8 Å². The zero-order valence-corrected chi connectivity index (χ0v) is 11.2. The van der Waals surface area contributed by atoms with Crippen LogP contribution in [0.4, 0.5) is 8.78 Å². The van der Waals surface area contributed by atoms with Gasteiger partial charge in [0.15, 0.2) is 5.69 Å². The highest BCUT2D eigenvalue weighted by atomic mass is 19.1. The molecule has 2 heterocycles. The highest BCUT2D eigenvalue weighted by Gasteiger charge is 2.21. The molecule has 1 aliphatic rings. The van der Waals surface area contributed by atoms with Crippen LogP contribution in [-0.4, -0.2) is 33.9 Å². The van der Waals surface area contributed by atoms with E-state index in [9.17, 15) is 13.6 Å². The Morgan fingerprint density at radius 3 is 2.76 bits per heavy atom. The summed E-state index contributed by atoms with van der Waals surface area (Å²) >= 11 is 0. The van der Waals surface area contributed by atoms with Crippen molar-refractivity contribution in [2.45, 2.75) is 18.9 Å². The first-order valence-corrected chi connectivity index (χ1v) is 6.77. The Morgan fingerprint density at radius 1 is 1.29 bits per heavy atom. The number of benzene rings is 1. The second kappa shape index (κ2) is 5.69. The second-order valence-corrected chi connectivity index (χ2v) is 5.02. The number of nitrogens with one attached hydrogen (secondary N) is 1. The maximum absolute atomic E-state index is 13.6. The van der Waals surface area contributed by atoms with Crippen molar-refractivity contribution in [1.29, 1.82) is 0 Å². The maximum atomic E-state index is 13.6. The number of carbonyl (C=O) groups is 1. The lowest BCUT2D eigenvalue weighted by molar-refractivity contribution is 0.103. The van der Waals surface area contributed by atoms with E-state index in [-0.39, 0.29) is 17.3 Å². The number of piperidine rings is 1. The molecule has 0 aliphatic carbocycles. The third-order valence-electron chi connectivity index (χ3n) is 3.60. The SMILES string of the molecule is O=C(c1cn(C2CCNCC2)nn1)c1ccc(F)cc1F. The Kier molecular flexibility index (Phi) is 3.74. The summed E-state index contributed by atoms with van der Waals surface area (Å²) in [6.45, 7) is 1.78. The Labute approximate surface area is 120 Å². The van der Waals surface area contributed by atoms with Gasteiger partial charge in [-0.25, -0.2) is 13.5 Å². The van der Waals surface area contributed by atoms with Crippen LogP contribution in [0, 0.1) is 11.6 Å². The second-order valence-electron chi connectivity index (χ2n) is 5.02. The number of hydrogen-bond donors (Lipinski definition) is 1. The molecule has 0 spiro atoms. The van der Waals surface area contributed by atoms with Gasteiger partial charge < -0.3 is 5.32 Å². The van der Waals surface area contributed by atoms with E-state index in [1.54, 1.807) is 4.68 Å². The van der Waals surface area contributed by atoms with Crippen LogP contribution < -0.4 is 5.32 Å². The summed E-state index contributed by atoms with van der Waals surface area (Å²) in [5, 5.41) is 11.0. The maximum Gasteiger partial charge on any atom is 0.217 e. The molecule has 1 aromatic heterocycles. The van der Waals surface area contributed by atoms with Gasteiger partial charge in [-0.3, -0.25) is 4.79 Å². The van der Waals surface area contributed by atoms with Crippen molar-refractivity contribution in [2.75, 3.05) is 13.1 Å². The van der Waals surface area contributed by atoms with Crippen molar-refractivity contribution in [2.24, 2.45) is 0 Å². The van der Waals surface area contributed by atoms with Crippen LogP contribution >= 0.6 is 0 Å². The van der Waals surface area contributed by atoms with Gasteiger partial charge in [-0.15, -0.1) is 5.10 Å². The number of ketones is 1. The highest BCUT2D eigenvalue weighted by molar-refractivity contribution is 6.07. The van der Waals surface area contributed by atoms with Crippen molar-refractivity contribution >= 4 is 5.78 Å². The molecular formula is C14H14F2N4O. The predicted molar refractivity (Wildman–Crippen MR) is 71.0 cm³/mol. The minimum atomic E-state index is -0.892. The minimum Gasteiger partial charge on any atom is -0.317 e. The Morgan fingerprint density at radius 2 is 2.05 bits per heavy atom. The van der Waals surface area contributed by atoms with E-state index >= 15 is 0 Å². The predicted octanol–water partition coefficient (Wildman–Crippen LogP) is 1.71. The summed E-state index contributed by atoms with van der Waals surface area (Å²) in [7, 11) is 0. The van der Waals surface area contributed by atoms with Crippen molar-refractivity contribution in [3.8, 4) is 0 Å². The summed E-state index contributed by atoms with van der Waals surface area (Å²) in [6.07, 6.45) is 3.34. The fourth-order valence-electron chi connectivity index (χ4n) is 2.44. The summed E-state index contributed by atoms with van der Waals surface area (Å²) in [4.78, 5) is 12.2. The molecule has 3 rings (SSSR count). The first-order chi connectivity index (χ1) is 10.1. The molecule has 110 valence electrons. The fraction of sp³-hybridized carbons (Fsp3) is 0.357. The van der Waals surface area contributed by atoms with Gasteiger partial charge >= 0.3 is 0 Å². The molecule has 1 aliphatic heterocycles. The van der Waals surface area contributed by atoms with Gasteiger partial charge in [0.25, 0.3) is 0 Å². The lowest BCUT2D eigenvalue weighted by Crippen LogP contribution is -2.29. The summed E-state index contributed by atoms with van der Waals surface area (Å²) in [5.41, 5.74) is -0.132. The lowest BCUT2D eigenvalue weighted by atomic mass is 10.1. The highest BCUT2D eigenvalue weighted by Crippen LogP contribution is 2.19. The van der Waals surface area contributed by atoms with Crippen molar-refractivity contribution < 1.29 is 13.6 Å². The van der Waals surface area contributed by atoms with E-state index in [4.69, 9.17) is 0 Å². The largest absolute Gasteiger partial charge is 0.317 e. The fourth-order valence-corrected chi connectivity index (χ4v) is 2.44. The molecular weight excluding hydrogens is 278 g/mol. The summed E-state index contributed by atoms with van der Waals surface area (Å²) < 4.78 is 28.1. The summed E-state index contributed by atoms with van der Waals surface area (Å²) in [6, 6.07) is 3.05. The van der Waals surface area contributed by atoms with E-state index in [2.05, 4.69) is 15.6 Å². The standard InChI is InChI=1S/C14H14F2N4O/c15-9-1-2-11(12(16)7-9)14(21)13-8-20(19-18-13)10-3-5-17-6-4-10/h1-2,7-8,10,17H,3-6H2. The number of halogens is 2. The molecule has 0 bridgehead atoms. The molecule has 0 amide bonds. The van der Waals surface area contributed by atoms with Crippen LogP contribution in [0.2, 0.25) is 0 Å². The van der Waals surface area contributed by atoms with Crippen LogP contribution in [-0.2, 0) is 0 Å². The molecule has 1 saturated heterocycles. The van der Waals surface area contributed by atoms with E-state index in [0.29, 0.717) is 6.07 Å². The Bertz CT molecular complexity index is 665. The molecule has 0 radical (unpaired) electrons. The average Bonchev–Trinajstić information content (AvgIpc) is 2.97. The van der Waals surface area contributed by atoms with E-state index in [1.165, 1.54) is 6.20 Å². The molecule has 1 aromatic carbocycles. The van der Waals surface area contributed by atoms with E-state index in [0.717, 1.165) is 38.1 Å². The average molecular weight is 292 g/mol. The van der Waals surface area contributed by atoms with Crippen LogP contribution in [0.15, 0.2) is 24.4 Å². The van der Waals surface area contributed by atoms with Gasteiger partial charge in [-0.1, -0.05) is 5.21 Å². The van der Waals surface area contributed by atoms with Crippen molar-refractivity contribution in [3.05, 3.63) is 47.3 Å². The van der Waals surface area contributed by atoms with Gasteiger partial charge in [0, 0.05) is 6.07 Å². The Hall–Kier alpha value is -2.15. The van der Waals surface area contributed by atoms with E-state index in [1.807, 2.05) is 0 Å². The number of carbonyl (C=O) groups excluding carboxylic acids is 1. The Balaban J connectivity index is 1.83. The van der Waals surface area contributed by atoms with Gasteiger partial charge in [0.05, 0.1) is 17.8 Å². The molecule has 0 atom stereocenters. The zero-order chi connectivity index (χ0) is 14.8. The van der Waals surface area contributed by atoms with Crippen LogP contribution in [0.25, 0.3) is 0 Å². The molecule has 1 N–H and O–H groups in total. The normalized spacial score (nSPS) is 16.1. The first-order valence-electron chi connectivity index (χ1n) is 6.77. The monoisotopic (exact) mass is 292 g/mol. The van der Waals surface area contributed by atoms with Crippen molar-refractivity contribution in [1.82, 2.24) is 20.3 Å². The molecule has 7 heteroatoms. The molecule has 0 saturated carbocycles. The van der Waals surface area contributed by atoms with Gasteiger partial charge in [-0.2, -0.15) is 0 Å². The number of nitrogens with zero attached hydrogens (tertiary/aromatic N) is 3. The molecule has 21 heavy (non-hydrogen) atoms. The molecule has 1 fully saturated rings. The van der Waals surface area contributed by atoms with Gasteiger partial charge in [0.2, 0.25) is 5.78 Å². The van der Waals surface area contributed by atoms with Gasteiger partial charge in [-0.05, 0) is 38.1 Å². The first kappa shape index (κ1) is 13.8. The van der Waals surface area contributed by atoms with Crippen LogP contribution in [0.1, 0.15) is 34.9 Å². The molecule has 0 unspecified atom stereocenters. The lowest BCUT2D eigenvalue weighted by Gasteiger charge is -2.22. The number of hydrogen-bond acceptors (Lipinski definition) is 4. The molecule has 5 nitrogen and oxygen atoms in total.